The molecule has 0 amide bonds. The maximum Gasteiger partial charge on any atom is 0.305 e. The molecule has 2 aliphatic heterocycles. The van der Waals surface area contributed by atoms with Crippen molar-refractivity contribution in [1.29, 1.82) is 0 Å². The van der Waals surface area contributed by atoms with Crippen LogP contribution in [0.5, 0.6) is 0 Å². The van der Waals surface area contributed by atoms with Gasteiger partial charge in [0.15, 0.2) is 11.4 Å². The van der Waals surface area contributed by atoms with Crippen LogP contribution in [0.15, 0.2) is 59.4 Å². The van der Waals surface area contributed by atoms with E-state index >= 15 is 4.79 Å². The van der Waals surface area contributed by atoms with E-state index in [0.717, 1.165) is 78.4 Å². The maximum atomic E-state index is 15.4. The summed E-state index contributed by atoms with van der Waals surface area (Å²) in [5.74, 6) is -0.542. The first-order valence-electron chi connectivity index (χ1n) is 18.8. The lowest BCUT2D eigenvalue weighted by atomic mass is 9.86. The molecular formula is C44H42N6O4. The molecule has 5 aromatic heterocycles. The molecule has 0 saturated carbocycles. The number of nitrogens with zero attached hydrogens (tertiary/aromatic N) is 4. The van der Waals surface area contributed by atoms with Gasteiger partial charge in [0, 0.05) is 74.5 Å². The van der Waals surface area contributed by atoms with Gasteiger partial charge in [0.25, 0.3) is 5.56 Å². The summed E-state index contributed by atoms with van der Waals surface area (Å²) in [6.07, 6.45) is 1.48. The first kappa shape index (κ1) is 33.9. The molecule has 9 rings (SSSR count). The highest BCUT2D eigenvalue weighted by Gasteiger charge is 2.34. The summed E-state index contributed by atoms with van der Waals surface area (Å²) in [6, 6.07) is 18.2. The van der Waals surface area contributed by atoms with Gasteiger partial charge in [-0.25, -0.2) is 4.98 Å². The molecule has 272 valence electrons. The van der Waals surface area contributed by atoms with Crippen molar-refractivity contribution < 1.29 is 14.3 Å². The third-order valence-corrected chi connectivity index (χ3v) is 12.2. The molecule has 8 bridgehead atoms. The van der Waals surface area contributed by atoms with Crippen LogP contribution in [0.3, 0.4) is 0 Å². The molecule has 4 atom stereocenters. The second kappa shape index (κ2) is 12.3. The van der Waals surface area contributed by atoms with E-state index in [-0.39, 0.29) is 47.4 Å². The number of fused-ring (bicyclic) bond motifs is 11. The van der Waals surface area contributed by atoms with Crippen LogP contribution in [0, 0.1) is 13.8 Å². The number of methoxy groups -OCH3 is 1. The Balaban J connectivity index is 1.53. The number of ether oxygens (including phenoxy) is 1. The standard InChI is InChI=1S/C44H42N6O4/c1-8-26-20(2)29-19-34-37(24(6)51)22(4)31(46-34)17-30-21(3)27(15-16-36(52)54-7)41(47-30)40-42-38(23(5)32(48-42)18-33(26)45-29)43-49-28-13-9-11-25-12-10-14-35(39(25)28)50(43)44(40)53/h9-14,17-21,26-27,46,48H,8,15-16H2,1-7H3/t20-,21+,26-,27+/m1/s1. The summed E-state index contributed by atoms with van der Waals surface area (Å²) in [4.78, 5) is 64.1. The van der Waals surface area contributed by atoms with Crippen LogP contribution >= 0.6 is 0 Å². The molecule has 0 fully saturated rings. The zero-order valence-corrected chi connectivity index (χ0v) is 31.5. The van der Waals surface area contributed by atoms with E-state index in [0.29, 0.717) is 34.2 Å². The van der Waals surface area contributed by atoms with Gasteiger partial charge >= 0.3 is 5.97 Å². The lowest BCUT2D eigenvalue weighted by Gasteiger charge is -2.17. The molecule has 10 nitrogen and oxygen atoms in total. The molecule has 7 aromatic rings. The monoisotopic (exact) mass is 718 g/mol. The van der Waals surface area contributed by atoms with Gasteiger partial charge in [-0.2, -0.15) is 0 Å². The first-order chi connectivity index (χ1) is 26.0. The Morgan fingerprint density at radius 2 is 1.50 bits per heavy atom. The van der Waals surface area contributed by atoms with Crippen molar-refractivity contribution in [1.82, 2.24) is 29.3 Å². The number of hydrogen-bond donors (Lipinski definition) is 2. The van der Waals surface area contributed by atoms with Gasteiger partial charge in [0.05, 0.1) is 40.3 Å². The minimum Gasteiger partial charge on any atom is -0.469 e. The van der Waals surface area contributed by atoms with Crippen LogP contribution in [0.25, 0.3) is 60.3 Å². The second-order valence-electron chi connectivity index (χ2n) is 15.2. The van der Waals surface area contributed by atoms with Crippen LogP contribution in [-0.2, 0) is 9.53 Å². The summed E-state index contributed by atoms with van der Waals surface area (Å²) >= 11 is 0. The number of nitrogens with one attached hydrogen (secondary N) is 2. The van der Waals surface area contributed by atoms with E-state index in [4.69, 9.17) is 19.7 Å². The number of carbonyl (C=O) groups is 2. The minimum atomic E-state index is -0.320. The zero-order chi connectivity index (χ0) is 37.7. The number of benzene rings is 2. The molecule has 0 aliphatic carbocycles. The number of rotatable bonds is 5. The van der Waals surface area contributed by atoms with Gasteiger partial charge < -0.3 is 14.7 Å². The Hall–Kier alpha value is -5.90. The van der Waals surface area contributed by atoms with Gasteiger partial charge in [-0.05, 0) is 80.5 Å². The molecule has 0 saturated heterocycles. The number of H-pyrrole nitrogens is 2. The number of carbonyl (C=O) groups excluding carboxylic acids is 2. The fourth-order valence-corrected chi connectivity index (χ4v) is 9.30. The molecule has 0 unspecified atom stereocenters. The van der Waals surface area contributed by atoms with Gasteiger partial charge in [0.1, 0.15) is 0 Å². The number of pyridine rings is 1. The topological polar surface area (TPSA) is 135 Å². The van der Waals surface area contributed by atoms with E-state index in [1.54, 1.807) is 11.3 Å². The fourth-order valence-electron chi connectivity index (χ4n) is 9.30. The number of hydrogen-bond acceptors (Lipinski definition) is 7. The van der Waals surface area contributed by atoms with Crippen molar-refractivity contribution in [3.63, 3.8) is 0 Å². The second-order valence-corrected chi connectivity index (χ2v) is 15.2. The number of aryl methyl sites for hydroxylation is 2. The van der Waals surface area contributed by atoms with E-state index in [2.05, 4.69) is 43.7 Å². The largest absolute Gasteiger partial charge is 0.469 e. The SMILES string of the molecule is CC[C@H]1c2cc3[nH]c4c(c5nc(cc6[nH]c(cc(n2)[C@@H]1C)c(C(C)=O)c6C)[C@@H](C)[C@@H]5CCC(=O)OC)c(=O)n1c2cccc5cccc(nc1c4c3C)c52. The van der Waals surface area contributed by atoms with Crippen LogP contribution < -0.4 is 5.56 Å². The van der Waals surface area contributed by atoms with Gasteiger partial charge in [-0.1, -0.05) is 45.0 Å². The summed E-state index contributed by atoms with van der Waals surface area (Å²) in [5, 5.41) is 3.22. The highest BCUT2D eigenvalue weighted by Crippen LogP contribution is 2.44. The van der Waals surface area contributed by atoms with E-state index in [9.17, 15) is 9.59 Å². The lowest BCUT2D eigenvalue weighted by Crippen LogP contribution is -2.18. The average molecular weight is 719 g/mol. The van der Waals surface area contributed by atoms with Crippen LogP contribution in [0.4, 0.5) is 0 Å². The van der Waals surface area contributed by atoms with Crippen molar-refractivity contribution in [3.05, 3.63) is 104 Å². The first-order valence-corrected chi connectivity index (χ1v) is 18.8. The number of ketones is 1. The lowest BCUT2D eigenvalue weighted by molar-refractivity contribution is -0.140. The molecule has 2 aliphatic rings. The van der Waals surface area contributed by atoms with Crippen molar-refractivity contribution in [2.75, 3.05) is 7.11 Å². The molecular weight excluding hydrogens is 677 g/mol. The van der Waals surface area contributed by atoms with Crippen LogP contribution in [-0.4, -0.2) is 48.2 Å². The quantitative estimate of drug-likeness (QED) is 0.0784. The van der Waals surface area contributed by atoms with Crippen molar-refractivity contribution in [3.8, 4) is 0 Å². The summed E-state index contributed by atoms with van der Waals surface area (Å²) in [7, 11) is 1.39. The van der Waals surface area contributed by atoms with Crippen molar-refractivity contribution >= 4 is 72.0 Å². The molecule has 0 radical (unpaired) electrons. The summed E-state index contributed by atoms with van der Waals surface area (Å²) < 4.78 is 6.83. The molecule has 7 heterocycles. The predicted molar refractivity (Wildman–Crippen MR) is 213 cm³/mol. The van der Waals surface area contributed by atoms with Gasteiger partial charge in [0.2, 0.25) is 0 Å². The van der Waals surface area contributed by atoms with Crippen LogP contribution in [0.2, 0.25) is 0 Å². The Morgan fingerprint density at radius 1 is 0.815 bits per heavy atom. The third kappa shape index (κ3) is 4.85. The van der Waals surface area contributed by atoms with Crippen molar-refractivity contribution in [2.24, 2.45) is 0 Å². The average Bonchev–Trinajstić information content (AvgIpc) is 3.84. The van der Waals surface area contributed by atoms with E-state index in [1.165, 1.54) is 7.11 Å². The minimum absolute atomic E-state index is 0.0352. The van der Waals surface area contributed by atoms with E-state index in [1.807, 2.05) is 55.5 Å². The number of aromatic amines is 2. The normalized spacial score (nSPS) is 18.7. The molecule has 54 heavy (non-hydrogen) atoms. The molecule has 0 spiro atoms. The smallest absolute Gasteiger partial charge is 0.305 e. The molecule has 2 aromatic carbocycles. The molecule has 10 heteroatoms. The van der Waals surface area contributed by atoms with Crippen molar-refractivity contribution in [2.45, 2.75) is 84.5 Å². The van der Waals surface area contributed by atoms with Gasteiger partial charge in [-0.3, -0.25) is 28.8 Å². The third-order valence-electron chi connectivity index (χ3n) is 12.2. The zero-order valence-electron chi connectivity index (χ0n) is 31.5. The number of Topliss-reactive ketones (excluding diaryl/α,β-unsaturated/α-hetero) is 1. The molecule has 2 N–H and O–H groups in total. The summed E-state index contributed by atoms with van der Waals surface area (Å²) in [5.41, 5.74) is 10.6. The number of aromatic nitrogens is 6. The maximum absolute atomic E-state index is 15.4. The van der Waals surface area contributed by atoms with Gasteiger partial charge in [-0.15, -0.1) is 0 Å². The van der Waals surface area contributed by atoms with Crippen LogP contribution in [0.1, 0.15) is 115 Å². The Morgan fingerprint density at radius 3 is 2.24 bits per heavy atom. The number of esters is 1. The Kier molecular flexibility index (Phi) is 7.74. The summed E-state index contributed by atoms with van der Waals surface area (Å²) in [6.45, 7) is 12.1. The Labute approximate surface area is 311 Å². The predicted octanol–water partition coefficient (Wildman–Crippen LogP) is 9.18. The van der Waals surface area contributed by atoms with E-state index < -0.39 is 0 Å². The Bertz CT molecular complexity index is 2970. The highest BCUT2D eigenvalue weighted by molar-refractivity contribution is 6.14. The fraction of sp³-hybridized carbons (Fsp3) is 0.318. The highest BCUT2D eigenvalue weighted by atomic mass is 16.5.